The number of fused-ring (bicyclic) bond motifs is 1. The standard InChI is InChI=1S/C12H14N4O2S/c13-7-2-1-3-8(7)15-12-14-4-9-10(16-12)6(5-19-9)11(17)18/h4-5,7-8H,1-3,13H2,(H,17,18)(H,14,15,16)/t7-,8+/m0/s1. The molecule has 0 aromatic carbocycles. The normalized spacial score (nSPS) is 22.8. The van der Waals surface area contributed by atoms with Gasteiger partial charge in [0.1, 0.15) is 5.52 Å². The van der Waals surface area contributed by atoms with Crippen molar-refractivity contribution in [1.29, 1.82) is 0 Å². The van der Waals surface area contributed by atoms with Crippen LogP contribution in [0.15, 0.2) is 11.6 Å². The van der Waals surface area contributed by atoms with Gasteiger partial charge < -0.3 is 16.2 Å². The Balaban J connectivity index is 1.92. The molecule has 2 aromatic rings. The Kier molecular flexibility index (Phi) is 3.08. The molecule has 1 aliphatic rings. The van der Waals surface area contributed by atoms with Crippen molar-refractivity contribution in [3.63, 3.8) is 0 Å². The number of hydrogen-bond donors (Lipinski definition) is 3. The van der Waals surface area contributed by atoms with Crippen LogP contribution in [0.25, 0.3) is 10.2 Å². The van der Waals surface area contributed by atoms with Crippen molar-refractivity contribution in [3.8, 4) is 0 Å². The molecule has 0 radical (unpaired) electrons. The van der Waals surface area contributed by atoms with E-state index in [9.17, 15) is 4.79 Å². The SMILES string of the molecule is N[C@H]1CCC[C@H]1Nc1ncc2scc(C(=O)O)c2n1. The Hall–Kier alpha value is -1.73. The van der Waals surface area contributed by atoms with Crippen molar-refractivity contribution in [2.45, 2.75) is 31.3 Å². The molecule has 1 aliphatic carbocycles. The van der Waals surface area contributed by atoms with E-state index < -0.39 is 5.97 Å². The van der Waals surface area contributed by atoms with E-state index in [0.717, 1.165) is 24.0 Å². The monoisotopic (exact) mass is 278 g/mol. The number of aromatic carboxylic acids is 1. The predicted octanol–water partition coefficient (Wildman–Crippen LogP) is 1.68. The molecule has 0 amide bonds. The van der Waals surface area contributed by atoms with Crippen LogP contribution in [0.5, 0.6) is 0 Å². The summed E-state index contributed by atoms with van der Waals surface area (Å²) in [5.41, 5.74) is 6.70. The smallest absolute Gasteiger partial charge is 0.338 e. The van der Waals surface area contributed by atoms with E-state index in [-0.39, 0.29) is 17.6 Å². The molecule has 19 heavy (non-hydrogen) atoms. The van der Waals surface area contributed by atoms with Crippen molar-refractivity contribution in [2.24, 2.45) is 5.73 Å². The van der Waals surface area contributed by atoms with E-state index in [1.54, 1.807) is 11.6 Å². The van der Waals surface area contributed by atoms with Gasteiger partial charge in [0.15, 0.2) is 0 Å². The average molecular weight is 278 g/mol. The van der Waals surface area contributed by atoms with Gasteiger partial charge in [0.2, 0.25) is 5.95 Å². The maximum Gasteiger partial charge on any atom is 0.338 e. The van der Waals surface area contributed by atoms with Crippen LogP contribution in [0.2, 0.25) is 0 Å². The summed E-state index contributed by atoms with van der Waals surface area (Å²) >= 11 is 1.34. The van der Waals surface area contributed by atoms with Gasteiger partial charge in [-0.05, 0) is 19.3 Å². The van der Waals surface area contributed by atoms with Gasteiger partial charge in [-0.2, -0.15) is 0 Å². The molecule has 7 heteroatoms. The van der Waals surface area contributed by atoms with Crippen molar-refractivity contribution in [3.05, 3.63) is 17.1 Å². The van der Waals surface area contributed by atoms with Gasteiger partial charge in [-0.25, -0.2) is 14.8 Å². The van der Waals surface area contributed by atoms with Crippen LogP contribution >= 0.6 is 11.3 Å². The lowest BCUT2D eigenvalue weighted by Gasteiger charge is -2.16. The second kappa shape index (κ2) is 4.75. The van der Waals surface area contributed by atoms with Gasteiger partial charge >= 0.3 is 5.97 Å². The number of carboxylic acid groups (broad SMARTS) is 1. The third-order valence-corrected chi connectivity index (χ3v) is 4.33. The van der Waals surface area contributed by atoms with E-state index >= 15 is 0 Å². The third kappa shape index (κ3) is 2.26. The number of carboxylic acids is 1. The molecular formula is C12H14N4O2S. The zero-order chi connectivity index (χ0) is 13.4. The van der Waals surface area contributed by atoms with Crippen molar-refractivity contribution in [1.82, 2.24) is 9.97 Å². The Labute approximate surface area is 113 Å². The minimum absolute atomic E-state index is 0.112. The topological polar surface area (TPSA) is 101 Å². The number of nitrogens with zero attached hydrogens (tertiary/aromatic N) is 2. The van der Waals surface area contributed by atoms with Crippen molar-refractivity contribution < 1.29 is 9.90 Å². The number of nitrogens with one attached hydrogen (secondary N) is 1. The van der Waals surface area contributed by atoms with Gasteiger partial charge in [-0.15, -0.1) is 11.3 Å². The molecule has 2 heterocycles. The molecule has 0 unspecified atom stereocenters. The first-order chi connectivity index (χ1) is 9.15. The average Bonchev–Trinajstić information content (AvgIpc) is 2.96. The summed E-state index contributed by atoms with van der Waals surface area (Å²) in [6.07, 6.45) is 4.75. The molecule has 100 valence electrons. The fraction of sp³-hybridized carbons (Fsp3) is 0.417. The number of nitrogens with two attached hydrogens (primary N) is 1. The van der Waals surface area contributed by atoms with Gasteiger partial charge in [0.05, 0.1) is 16.5 Å². The summed E-state index contributed by atoms with van der Waals surface area (Å²) in [4.78, 5) is 19.6. The summed E-state index contributed by atoms with van der Waals surface area (Å²) in [6.45, 7) is 0. The highest BCUT2D eigenvalue weighted by atomic mass is 32.1. The summed E-state index contributed by atoms with van der Waals surface area (Å²) < 4.78 is 0.777. The maximum atomic E-state index is 11.1. The van der Waals surface area contributed by atoms with E-state index in [1.807, 2.05) is 0 Å². The highest BCUT2D eigenvalue weighted by molar-refractivity contribution is 7.17. The van der Waals surface area contributed by atoms with Gasteiger partial charge in [0, 0.05) is 17.5 Å². The molecule has 0 saturated heterocycles. The lowest BCUT2D eigenvalue weighted by atomic mass is 10.2. The lowest BCUT2D eigenvalue weighted by molar-refractivity contribution is 0.0699. The first-order valence-electron chi connectivity index (χ1n) is 6.15. The minimum Gasteiger partial charge on any atom is -0.478 e. The summed E-state index contributed by atoms with van der Waals surface area (Å²) in [5, 5.41) is 13.9. The molecule has 0 spiro atoms. The number of carbonyl (C=O) groups is 1. The number of hydrogen-bond acceptors (Lipinski definition) is 6. The van der Waals surface area contributed by atoms with Crippen LogP contribution in [-0.4, -0.2) is 33.1 Å². The second-order valence-corrected chi connectivity index (χ2v) is 5.62. The molecule has 6 nitrogen and oxygen atoms in total. The van der Waals surface area contributed by atoms with Crippen LogP contribution in [-0.2, 0) is 0 Å². The first-order valence-corrected chi connectivity index (χ1v) is 7.03. The Morgan fingerprint density at radius 3 is 3.05 bits per heavy atom. The number of thiophene rings is 1. The van der Waals surface area contributed by atoms with E-state index in [0.29, 0.717) is 11.5 Å². The fourth-order valence-electron chi connectivity index (χ4n) is 2.38. The molecule has 1 fully saturated rings. The summed E-state index contributed by atoms with van der Waals surface area (Å²) in [5.74, 6) is -0.510. The molecule has 3 rings (SSSR count). The second-order valence-electron chi connectivity index (χ2n) is 4.71. The largest absolute Gasteiger partial charge is 0.478 e. The Morgan fingerprint density at radius 2 is 2.37 bits per heavy atom. The van der Waals surface area contributed by atoms with E-state index in [4.69, 9.17) is 10.8 Å². The van der Waals surface area contributed by atoms with E-state index in [2.05, 4.69) is 15.3 Å². The van der Waals surface area contributed by atoms with Crippen LogP contribution < -0.4 is 11.1 Å². The van der Waals surface area contributed by atoms with Crippen LogP contribution in [0, 0.1) is 0 Å². The van der Waals surface area contributed by atoms with Crippen LogP contribution in [0.3, 0.4) is 0 Å². The predicted molar refractivity (Wildman–Crippen MR) is 73.6 cm³/mol. The van der Waals surface area contributed by atoms with Crippen molar-refractivity contribution in [2.75, 3.05) is 5.32 Å². The lowest BCUT2D eigenvalue weighted by Crippen LogP contribution is -2.35. The fourth-order valence-corrected chi connectivity index (χ4v) is 3.22. The molecule has 0 bridgehead atoms. The number of aromatic nitrogens is 2. The molecule has 1 saturated carbocycles. The van der Waals surface area contributed by atoms with Gasteiger partial charge in [0.25, 0.3) is 0 Å². The molecular weight excluding hydrogens is 264 g/mol. The van der Waals surface area contributed by atoms with Gasteiger partial charge in [-0.3, -0.25) is 0 Å². The van der Waals surface area contributed by atoms with Crippen LogP contribution in [0.4, 0.5) is 5.95 Å². The summed E-state index contributed by atoms with van der Waals surface area (Å²) in [6, 6.07) is 0.282. The zero-order valence-electron chi connectivity index (χ0n) is 10.2. The quantitative estimate of drug-likeness (QED) is 0.789. The molecule has 4 N–H and O–H groups in total. The first kappa shape index (κ1) is 12.3. The number of rotatable bonds is 3. The van der Waals surface area contributed by atoms with Crippen LogP contribution in [0.1, 0.15) is 29.6 Å². The maximum absolute atomic E-state index is 11.1. The Bertz CT molecular complexity index is 627. The molecule has 2 aromatic heterocycles. The molecule has 0 aliphatic heterocycles. The highest BCUT2D eigenvalue weighted by Crippen LogP contribution is 2.26. The minimum atomic E-state index is -0.964. The van der Waals surface area contributed by atoms with Gasteiger partial charge in [-0.1, -0.05) is 0 Å². The Morgan fingerprint density at radius 1 is 1.53 bits per heavy atom. The van der Waals surface area contributed by atoms with Crippen molar-refractivity contribution >= 4 is 33.5 Å². The highest BCUT2D eigenvalue weighted by Gasteiger charge is 2.24. The van der Waals surface area contributed by atoms with E-state index in [1.165, 1.54) is 11.3 Å². The zero-order valence-corrected chi connectivity index (χ0v) is 11.0. The third-order valence-electron chi connectivity index (χ3n) is 3.43. The summed E-state index contributed by atoms with van der Waals surface area (Å²) in [7, 11) is 0. The number of anilines is 1. The molecule has 2 atom stereocenters.